The summed E-state index contributed by atoms with van der Waals surface area (Å²) < 4.78 is 24.5. The predicted molar refractivity (Wildman–Crippen MR) is 117 cm³/mol. The molecule has 1 aliphatic carbocycles. The van der Waals surface area contributed by atoms with E-state index in [1.807, 2.05) is 18.3 Å². The molecule has 0 amide bonds. The first-order valence-electron chi connectivity index (χ1n) is 10.1. The topological polar surface area (TPSA) is 98.5 Å². The van der Waals surface area contributed by atoms with Crippen LogP contribution in [0.4, 0.5) is 17.5 Å². The van der Waals surface area contributed by atoms with E-state index in [-0.39, 0.29) is 10.4 Å². The molecule has 3 heterocycles. The standard InChI is InChI=1S/C21H24N6O2S/c1-14-21(10-4-3-5-11-21)27-18(26(2)25-14)12-15-13-22-20(24-19(15)27)23-16-6-8-17(9-7-16)30(28)29/h6-9,12-13H,3-5,10-11H2,1-2H3,(H,28,29)(H,22,23,24)/p-1. The molecule has 5 rings (SSSR count). The van der Waals surface area contributed by atoms with Crippen LogP contribution in [0.5, 0.6) is 0 Å². The molecular weight excluding hydrogens is 400 g/mol. The average molecular weight is 424 g/mol. The first-order valence-corrected chi connectivity index (χ1v) is 11.2. The van der Waals surface area contributed by atoms with Gasteiger partial charge >= 0.3 is 0 Å². The summed E-state index contributed by atoms with van der Waals surface area (Å²) in [5, 5.41) is 10.9. The molecule has 0 bridgehead atoms. The van der Waals surface area contributed by atoms with Gasteiger partial charge in [0.05, 0.1) is 11.3 Å². The summed E-state index contributed by atoms with van der Waals surface area (Å²) in [5.74, 6) is 1.51. The Morgan fingerprint density at radius 3 is 2.60 bits per heavy atom. The van der Waals surface area contributed by atoms with Gasteiger partial charge in [-0.15, -0.1) is 0 Å². The average Bonchev–Trinajstić information content (AvgIpc) is 3.14. The van der Waals surface area contributed by atoms with Crippen molar-refractivity contribution in [1.29, 1.82) is 0 Å². The van der Waals surface area contributed by atoms with Gasteiger partial charge in [0.1, 0.15) is 11.5 Å². The smallest absolute Gasteiger partial charge is 0.229 e. The van der Waals surface area contributed by atoms with E-state index in [0.29, 0.717) is 5.95 Å². The number of hydrogen-bond donors (Lipinski definition) is 1. The van der Waals surface area contributed by atoms with Crippen LogP contribution in [0, 0.1) is 0 Å². The van der Waals surface area contributed by atoms with E-state index in [9.17, 15) is 8.76 Å². The van der Waals surface area contributed by atoms with Crippen molar-refractivity contribution in [3.63, 3.8) is 0 Å². The van der Waals surface area contributed by atoms with Crippen LogP contribution >= 0.6 is 0 Å². The van der Waals surface area contributed by atoms with E-state index in [2.05, 4.69) is 27.9 Å². The van der Waals surface area contributed by atoms with Gasteiger partial charge in [-0.25, -0.2) is 4.98 Å². The van der Waals surface area contributed by atoms with E-state index >= 15 is 0 Å². The van der Waals surface area contributed by atoms with E-state index in [1.165, 1.54) is 19.3 Å². The maximum absolute atomic E-state index is 11.1. The lowest BCUT2D eigenvalue weighted by Gasteiger charge is -2.44. The molecule has 8 nitrogen and oxygen atoms in total. The first-order chi connectivity index (χ1) is 14.5. The number of rotatable bonds is 3. The van der Waals surface area contributed by atoms with Crippen molar-refractivity contribution in [1.82, 2.24) is 14.5 Å². The normalized spacial score (nSPS) is 18.9. The van der Waals surface area contributed by atoms with Gasteiger partial charge in [-0.3, -0.25) is 13.8 Å². The number of anilines is 3. The Balaban J connectivity index is 1.58. The third-order valence-corrected chi connectivity index (χ3v) is 6.90. The molecule has 1 N–H and O–H groups in total. The molecule has 9 heteroatoms. The lowest BCUT2D eigenvalue weighted by molar-refractivity contribution is 0.282. The minimum atomic E-state index is -2.24. The van der Waals surface area contributed by atoms with Crippen molar-refractivity contribution >= 4 is 45.3 Å². The van der Waals surface area contributed by atoms with Gasteiger partial charge in [0.2, 0.25) is 5.95 Å². The second-order valence-corrected chi connectivity index (χ2v) is 8.94. The minimum absolute atomic E-state index is 0.132. The Hall–Kier alpha value is -2.78. The number of hydrazone groups is 1. The molecular formula is C21H23N6O2S-. The summed E-state index contributed by atoms with van der Waals surface area (Å²) >= 11 is -2.24. The summed E-state index contributed by atoms with van der Waals surface area (Å²) in [6.45, 7) is 2.12. The summed E-state index contributed by atoms with van der Waals surface area (Å²) in [7, 11) is 1.97. The van der Waals surface area contributed by atoms with Crippen LogP contribution < -0.4 is 10.3 Å². The number of benzene rings is 1. The van der Waals surface area contributed by atoms with Crippen LogP contribution in [-0.2, 0) is 16.6 Å². The molecule has 1 saturated carbocycles. The fraction of sp³-hybridized carbons (Fsp3) is 0.381. The second-order valence-electron chi connectivity index (χ2n) is 8.00. The van der Waals surface area contributed by atoms with E-state index in [4.69, 9.17) is 10.1 Å². The van der Waals surface area contributed by atoms with Crippen molar-refractivity contribution in [3.05, 3.63) is 36.5 Å². The Morgan fingerprint density at radius 2 is 1.90 bits per heavy atom. The molecule has 1 unspecified atom stereocenters. The van der Waals surface area contributed by atoms with Crippen LogP contribution in [-0.4, -0.2) is 36.1 Å². The monoisotopic (exact) mass is 423 g/mol. The molecule has 0 radical (unpaired) electrons. The van der Waals surface area contributed by atoms with Crippen LogP contribution in [0.3, 0.4) is 0 Å². The number of nitrogens with zero attached hydrogens (tertiary/aromatic N) is 5. The minimum Gasteiger partial charge on any atom is -0.768 e. The number of fused-ring (bicyclic) bond motifs is 4. The highest BCUT2D eigenvalue weighted by atomic mass is 32.2. The maximum Gasteiger partial charge on any atom is 0.229 e. The lowest BCUT2D eigenvalue weighted by atomic mass is 9.78. The highest BCUT2D eigenvalue weighted by molar-refractivity contribution is 7.79. The van der Waals surface area contributed by atoms with Gasteiger partial charge in [0, 0.05) is 29.2 Å². The molecule has 2 aliphatic rings. The zero-order valence-corrected chi connectivity index (χ0v) is 17.8. The largest absolute Gasteiger partial charge is 0.768 e. The van der Waals surface area contributed by atoms with Crippen LogP contribution in [0.15, 0.2) is 46.5 Å². The molecule has 1 fully saturated rings. The number of nitrogens with one attached hydrogen (secondary N) is 1. The summed E-state index contributed by atoms with van der Waals surface area (Å²) in [6, 6.07) is 8.62. The van der Waals surface area contributed by atoms with Crippen molar-refractivity contribution in [2.24, 2.45) is 5.10 Å². The summed E-state index contributed by atoms with van der Waals surface area (Å²) in [6.07, 6.45) is 7.57. The van der Waals surface area contributed by atoms with Crippen molar-refractivity contribution in [3.8, 4) is 0 Å². The zero-order valence-electron chi connectivity index (χ0n) is 17.0. The highest BCUT2D eigenvalue weighted by Crippen LogP contribution is 2.44. The van der Waals surface area contributed by atoms with Crippen molar-refractivity contribution < 1.29 is 8.76 Å². The van der Waals surface area contributed by atoms with Crippen LogP contribution in [0.1, 0.15) is 39.0 Å². The van der Waals surface area contributed by atoms with Gasteiger partial charge in [-0.05, 0) is 61.2 Å². The molecule has 1 aromatic carbocycles. The van der Waals surface area contributed by atoms with E-state index < -0.39 is 11.1 Å². The van der Waals surface area contributed by atoms with E-state index in [0.717, 1.165) is 41.1 Å². The molecule has 1 spiro atoms. The van der Waals surface area contributed by atoms with Crippen molar-refractivity contribution in [2.45, 2.75) is 49.5 Å². The third-order valence-electron chi connectivity index (χ3n) is 6.24. The Kier molecular flexibility index (Phi) is 4.59. The maximum atomic E-state index is 11.1. The van der Waals surface area contributed by atoms with Gasteiger partial charge in [-0.2, -0.15) is 10.1 Å². The Morgan fingerprint density at radius 1 is 1.17 bits per heavy atom. The molecule has 156 valence electrons. The van der Waals surface area contributed by atoms with Gasteiger partial charge in [0.25, 0.3) is 0 Å². The summed E-state index contributed by atoms with van der Waals surface area (Å²) in [5.41, 5.74) is 2.62. The van der Waals surface area contributed by atoms with Gasteiger partial charge < -0.3 is 9.87 Å². The van der Waals surface area contributed by atoms with Crippen LogP contribution in [0.2, 0.25) is 0 Å². The van der Waals surface area contributed by atoms with Gasteiger partial charge in [-0.1, -0.05) is 19.3 Å². The fourth-order valence-electron chi connectivity index (χ4n) is 4.73. The molecule has 1 atom stereocenters. The molecule has 2 aromatic heterocycles. The zero-order chi connectivity index (χ0) is 20.9. The predicted octanol–water partition coefficient (Wildman–Crippen LogP) is 3.90. The van der Waals surface area contributed by atoms with Crippen molar-refractivity contribution in [2.75, 3.05) is 17.4 Å². The Bertz CT molecular complexity index is 1160. The molecule has 30 heavy (non-hydrogen) atoms. The molecule has 1 aliphatic heterocycles. The number of hydrogen-bond acceptors (Lipinski definition) is 7. The SMILES string of the molecule is CC1=NN(C)c2cc3cnc(Nc4ccc(S(=O)[O-])cc4)nc3n2C12CCCCC2. The first kappa shape index (κ1) is 19.2. The van der Waals surface area contributed by atoms with Crippen LogP contribution in [0.25, 0.3) is 11.0 Å². The van der Waals surface area contributed by atoms with Gasteiger partial charge in [0.15, 0.2) is 0 Å². The fourth-order valence-corrected chi connectivity index (χ4v) is 5.09. The highest BCUT2D eigenvalue weighted by Gasteiger charge is 2.42. The summed E-state index contributed by atoms with van der Waals surface area (Å²) in [4.78, 5) is 9.57. The van der Waals surface area contributed by atoms with E-state index in [1.54, 1.807) is 24.3 Å². The lowest BCUT2D eigenvalue weighted by Crippen LogP contribution is -2.47. The third kappa shape index (κ3) is 3.00. The molecule has 3 aromatic rings. The quantitative estimate of drug-likeness (QED) is 0.642. The molecule has 0 saturated heterocycles. The second kappa shape index (κ2) is 7.17. The Labute approximate surface area is 177 Å². The number of aromatic nitrogens is 3.